The van der Waals surface area contributed by atoms with E-state index in [1.165, 1.54) is 20.3 Å². The molecule has 0 aliphatic rings. The number of halogens is 1. The van der Waals surface area contributed by atoms with Crippen LogP contribution in [0.1, 0.15) is 15.9 Å². The highest BCUT2D eigenvalue weighted by Gasteiger charge is 2.15. The normalized spacial score (nSPS) is 9.20. The zero-order valence-electron chi connectivity index (χ0n) is 8.20. The van der Waals surface area contributed by atoms with E-state index in [2.05, 4.69) is 4.74 Å². The molecule has 0 atom stereocenters. The monoisotopic (exact) mass is 317 g/mol. The van der Waals surface area contributed by atoms with Crippen molar-refractivity contribution in [3.63, 3.8) is 0 Å². The fourth-order valence-electron chi connectivity index (χ4n) is 1.08. The molecule has 0 saturated heterocycles. The predicted molar refractivity (Wildman–Crippen MR) is 61.8 cm³/mol. The fourth-order valence-corrected chi connectivity index (χ4v) is 1.77. The zero-order chi connectivity index (χ0) is 11.4. The van der Waals surface area contributed by atoms with Crippen molar-refractivity contribution in [2.45, 2.75) is 0 Å². The Morgan fingerprint density at radius 3 is 2.60 bits per heavy atom. The van der Waals surface area contributed by atoms with Crippen LogP contribution in [0, 0.1) is 14.9 Å². The van der Waals surface area contributed by atoms with Gasteiger partial charge in [-0.05, 0) is 34.7 Å². The summed E-state index contributed by atoms with van der Waals surface area (Å²) in [5.41, 5.74) is 0.504. The maximum Gasteiger partial charge on any atom is 0.339 e. The number of methoxy groups -OCH3 is 2. The van der Waals surface area contributed by atoms with Crippen LogP contribution in [0.5, 0.6) is 5.75 Å². The summed E-state index contributed by atoms with van der Waals surface area (Å²) in [6.07, 6.45) is 0. The standard InChI is InChI=1S/C10H8INO3/c1-14-9-4-7(10(13)15-2)6(5-12)3-8(9)11/h3-4H,1-2H3. The molecular weight excluding hydrogens is 309 g/mol. The van der Waals surface area contributed by atoms with Gasteiger partial charge in [0.2, 0.25) is 0 Å². The Morgan fingerprint density at radius 2 is 2.13 bits per heavy atom. The van der Waals surface area contributed by atoms with Crippen molar-refractivity contribution in [2.24, 2.45) is 0 Å². The van der Waals surface area contributed by atoms with Crippen LogP contribution in [0.4, 0.5) is 0 Å². The van der Waals surface area contributed by atoms with E-state index in [1.54, 1.807) is 6.07 Å². The van der Waals surface area contributed by atoms with Gasteiger partial charge in [-0.25, -0.2) is 4.79 Å². The van der Waals surface area contributed by atoms with Crippen LogP contribution in [0.15, 0.2) is 12.1 Å². The van der Waals surface area contributed by atoms with Crippen LogP contribution >= 0.6 is 22.6 Å². The van der Waals surface area contributed by atoms with E-state index in [0.717, 1.165) is 3.57 Å². The molecule has 0 aliphatic heterocycles. The summed E-state index contributed by atoms with van der Waals surface area (Å²) >= 11 is 2.03. The van der Waals surface area contributed by atoms with Gasteiger partial charge in [0.25, 0.3) is 0 Å². The molecule has 0 fully saturated rings. The molecule has 1 aromatic rings. The van der Waals surface area contributed by atoms with Gasteiger partial charge >= 0.3 is 5.97 Å². The topological polar surface area (TPSA) is 59.3 Å². The van der Waals surface area contributed by atoms with Crippen molar-refractivity contribution >= 4 is 28.6 Å². The predicted octanol–water partition coefficient (Wildman–Crippen LogP) is 1.96. The molecule has 78 valence electrons. The number of benzene rings is 1. The van der Waals surface area contributed by atoms with Crippen LogP contribution in [-0.4, -0.2) is 20.2 Å². The minimum Gasteiger partial charge on any atom is -0.496 e. The van der Waals surface area contributed by atoms with E-state index >= 15 is 0 Å². The molecule has 1 aromatic carbocycles. The Hall–Kier alpha value is -1.29. The van der Waals surface area contributed by atoms with Gasteiger partial charge in [-0.3, -0.25) is 0 Å². The molecule has 0 spiro atoms. The molecule has 0 amide bonds. The molecule has 0 N–H and O–H groups in total. The lowest BCUT2D eigenvalue weighted by Crippen LogP contribution is -2.05. The molecule has 0 heterocycles. The van der Waals surface area contributed by atoms with Gasteiger partial charge in [-0.15, -0.1) is 0 Å². The van der Waals surface area contributed by atoms with Crippen molar-refractivity contribution in [3.8, 4) is 11.8 Å². The lowest BCUT2D eigenvalue weighted by molar-refractivity contribution is 0.0600. The maximum atomic E-state index is 11.3. The first kappa shape index (κ1) is 11.8. The average Bonchev–Trinajstić information content (AvgIpc) is 2.27. The number of hydrogen-bond acceptors (Lipinski definition) is 4. The van der Waals surface area contributed by atoms with Gasteiger partial charge < -0.3 is 9.47 Å². The van der Waals surface area contributed by atoms with Gasteiger partial charge in [0.15, 0.2) is 0 Å². The van der Waals surface area contributed by atoms with Gasteiger partial charge in [0.05, 0.1) is 28.9 Å². The molecule has 5 heteroatoms. The molecule has 0 unspecified atom stereocenters. The minimum absolute atomic E-state index is 0.220. The van der Waals surface area contributed by atoms with E-state index in [-0.39, 0.29) is 11.1 Å². The number of hydrogen-bond donors (Lipinski definition) is 0. The quantitative estimate of drug-likeness (QED) is 0.618. The summed E-state index contributed by atoms with van der Waals surface area (Å²) in [7, 11) is 2.78. The van der Waals surface area contributed by atoms with Crippen LogP contribution in [0.3, 0.4) is 0 Å². The number of nitrogens with zero attached hydrogens (tertiary/aromatic N) is 1. The van der Waals surface area contributed by atoms with Crippen molar-refractivity contribution in [3.05, 3.63) is 26.8 Å². The first-order chi connectivity index (χ1) is 7.13. The molecule has 0 bridgehead atoms. The minimum atomic E-state index is -0.541. The number of nitriles is 1. The molecule has 0 radical (unpaired) electrons. The van der Waals surface area contributed by atoms with Crippen LogP contribution in [-0.2, 0) is 4.74 Å². The SMILES string of the molecule is COC(=O)c1cc(OC)c(I)cc1C#N. The summed E-state index contributed by atoms with van der Waals surface area (Å²) in [6.45, 7) is 0. The number of esters is 1. The second-order valence-corrected chi connectivity index (χ2v) is 3.80. The Kier molecular flexibility index (Phi) is 3.91. The highest BCUT2D eigenvalue weighted by molar-refractivity contribution is 14.1. The number of carbonyl (C=O) groups is 1. The smallest absolute Gasteiger partial charge is 0.339 e. The molecular formula is C10H8INO3. The van der Waals surface area contributed by atoms with E-state index in [0.29, 0.717) is 5.75 Å². The number of rotatable bonds is 2. The van der Waals surface area contributed by atoms with Crippen molar-refractivity contribution < 1.29 is 14.3 Å². The fraction of sp³-hybridized carbons (Fsp3) is 0.200. The Labute approximate surface area is 101 Å². The molecule has 0 saturated carbocycles. The Bertz CT molecular complexity index is 437. The van der Waals surface area contributed by atoms with E-state index < -0.39 is 5.97 Å². The first-order valence-electron chi connectivity index (χ1n) is 4.00. The lowest BCUT2D eigenvalue weighted by atomic mass is 10.1. The van der Waals surface area contributed by atoms with Gasteiger partial charge in [0, 0.05) is 0 Å². The van der Waals surface area contributed by atoms with Crippen molar-refractivity contribution in [1.82, 2.24) is 0 Å². The van der Waals surface area contributed by atoms with Crippen molar-refractivity contribution in [2.75, 3.05) is 14.2 Å². The summed E-state index contributed by atoms with van der Waals surface area (Å²) in [6, 6.07) is 5.04. The third-order valence-electron chi connectivity index (χ3n) is 1.82. The highest BCUT2D eigenvalue weighted by Crippen LogP contribution is 2.25. The van der Waals surface area contributed by atoms with Crippen molar-refractivity contribution in [1.29, 1.82) is 5.26 Å². The largest absolute Gasteiger partial charge is 0.496 e. The zero-order valence-corrected chi connectivity index (χ0v) is 10.4. The summed E-state index contributed by atoms with van der Waals surface area (Å²) in [4.78, 5) is 11.3. The maximum absolute atomic E-state index is 11.3. The van der Waals surface area contributed by atoms with Gasteiger partial charge in [-0.1, -0.05) is 0 Å². The van der Waals surface area contributed by atoms with E-state index in [4.69, 9.17) is 10.00 Å². The van der Waals surface area contributed by atoms with Crippen LogP contribution in [0.2, 0.25) is 0 Å². The molecule has 15 heavy (non-hydrogen) atoms. The van der Waals surface area contributed by atoms with Crippen LogP contribution < -0.4 is 4.74 Å². The lowest BCUT2D eigenvalue weighted by Gasteiger charge is -2.07. The highest BCUT2D eigenvalue weighted by atomic mass is 127. The third kappa shape index (κ3) is 2.39. The average molecular weight is 317 g/mol. The summed E-state index contributed by atoms with van der Waals surface area (Å²) in [5, 5.41) is 8.85. The molecule has 0 aliphatic carbocycles. The molecule has 4 nitrogen and oxygen atoms in total. The Morgan fingerprint density at radius 1 is 1.47 bits per heavy atom. The van der Waals surface area contributed by atoms with E-state index in [1.807, 2.05) is 28.7 Å². The second-order valence-electron chi connectivity index (χ2n) is 2.64. The van der Waals surface area contributed by atoms with Gasteiger partial charge in [-0.2, -0.15) is 5.26 Å². The van der Waals surface area contributed by atoms with E-state index in [9.17, 15) is 4.79 Å². The van der Waals surface area contributed by atoms with Crippen LogP contribution in [0.25, 0.3) is 0 Å². The summed E-state index contributed by atoms with van der Waals surface area (Å²) < 4.78 is 10.4. The number of ether oxygens (including phenoxy) is 2. The molecule has 0 aromatic heterocycles. The first-order valence-corrected chi connectivity index (χ1v) is 5.07. The third-order valence-corrected chi connectivity index (χ3v) is 2.66. The number of carbonyl (C=O) groups excluding carboxylic acids is 1. The Balaban J connectivity index is 3.37. The summed E-state index contributed by atoms with van der Waals surface area (Å²) in [5.74, 6) is 0.0104. The second kappa shape index (κ2) is 4.98. The molecule has 1 rings (SSSR count). The van der Waals surface area contributed by atoms with Gasteiger partial charge in [0.1, 0.15) is 11.8 Å².